The molecule has 11 heteroatoms. The smallest absolute Gasteiger partial charge is 0.254 e. The molecular weight excluding hydrogens is 604 g/mol. The highest BCUT2D eigenvalue weighted by Crippen LogP contribution is 2.41. The largest absolute Gasteiger partial charge is 0.494 e. The van der Waals surface area contributed by atoms with Crippen LogP contribution in [0, 0.1) is 11.8 Å². The van der Waals surface area contributed by atoms with Crippen LogP contribution in [-0.2, 0) is 13.1 Å². The molecule has 2 saturated carbocycles. The number of nitrogens with two attached hydrogens (primary N) is 1. The van der Waals surface area contributed by atoms with Gasteiger partial charge in [0.05, 0.1) is 38.2 Å². The van der Waals surface area contributed by atoms with Crippen molar-refractivity contribution >= 4 is 27.8 Å². The predicted octanol–water partition coefficient (Wildman–Crippen LogP) is 5.28. The first-order valence-corrected chi connectivity index (χ1v) is 16.8. The van der Waals surface area contributed by atoms with Crippen molar-refractivity contribution in [3.8, 4) is 28.8 Å². The molecule has 0 spiro atoms. The molecule has 6 aromatic rings. The van der Waals surface area contributed by atoms with E-state index in [1.165, 1.54) is 23.7 Å². The SMILES string of the molecule is COc1ncccc1-n1cc(Cn2c(-c3cc4ccccc4n3CC3CC3)nc3cc(C(=O)N4CC5CCC4[C@@H]5N)cc(OC)c32)cn1. The predicted molar refractivity (Wildman–Crippen MR) is 182 cm³/mol. The fourth-order valence-corrected chi connectivity index (χ4v) is 7.93. The number of rotatable bonds is 9. The highest BCUT2D eigenvalue weighted by Gasteiger charge is 2.47. The van der Waals surface area contributed by atoms with Crippen molar-refractivity contribution in [2.75, 3.05) is 20.8 Å². The molecule has 1 amide bonds. The third-order valence-electron chi connectivity index (χ3n) is 10.5. The first-order chi connectivity index (χ1) is 23.5. The van der Waals surface area contributed by atoms with E-state index in [4.69, 9.17) is 20.2 Å². The number of fused-ring (bicyclic) bond motifs is 4. The molecular formula is C37H38N8O3. The molecule has 2 unspecified atom stereocenters. The van der Waals surface area contributed by atoms with Gasteiger partial charge in [-0.2, -0.15) is 5.10 Å². The molecule has 4 aromatic heterocycles. The van der Waals surface area contributed by atoms with Gasteiger partial charge >= 0.3 is 0 Å². The lowest BCUT2D eigenvalue weighted by Crippen LogP contribution is -2.41. The molecule has 2 aromatic carbocycles. The third-order valence-corrected chi connectivity index (χ3v) is 10.5. The van der Waals surface area contributed by atoms with Gasteiger partial charge in [0.25, 0.3) is 5.91 Å². The van der Waals surface area contributed by atoms with E-state index in [1.54, 1.807) is 25.1 Å². The fourth-order valence-electron chi connectivity index (χ4n) is 7.93. The number of piperidine rings is 1. The van der Waals surface area contributed by atoms with Crippen LogP contribution in [0.15, 0.2) is 73.2 Å². The molecule has 2 bridgehead atoms. The van der Waals surface area contributed by atoms with Crippen LogP contribution in [-0.4, -0.2) is 72.5 Å². The number of benzene rings is 2. The Morgan fingerprint density at radius 2 is 1.88 bits per heavy atom. The van der Waals surface area contributed by atoms with E-state index in [2.05, 4.69) is 49.5 Å². The standard InChI is InChI=1S/C37H38N8O3/c1-47-32-16-26(37(46)43-21-25-11-12-29(43)33(25)38)14-27-34(32)44(19-23-17-40-45(20-23)30-8-5-13-39-36(30)48-2)35(41-27)31-15-24-6-3-4-7-28(24)42(31)18-22-9-10-22/h3-8,13-17,20,22,25,29,33H,9-12,18-19,21,38H2,1-2H3/t25?,29?,33-/m1/s1. The van der Waals surface area contributed by atoms with Crippen LogP contribution in [0.3, 0.4) is 0 Å². The molecule has 0 radical (unpaired) electrons. The van der Waals surface area contributed by atoms with Crippen molar-refractivity contribution in [2.45, 2.75) is 50.9 Å². The third kappa shape index (κ3) is 4.67. The molecule has 3 atom stereocenters. The number of hydrogen-bond acceptors (Lipinski definition) is 7. The normalized spacial score (nSPS) is 20.3. The van der Waals surface area contributed by atoms with E-state index < -0.39 is 0 Å². The maximum absolute atomic E-state index is 14.0. The Balaban J connectivity index is 1.20. The van der Waals surface area contributed by atoms with Crippen LogP contribution in [0.25, 0.3) is 39.1 Å². The van der Waals surface area contributed by atoms with Gasteiger partial charge in [-0.15, -0.1) is 0 Å². The van der Waals surface area contributed by atoms with Gasteiger partial charge in [0.15, 0.2) is 5.82 Å². The summed E-state index contributed by atoms with van der Waals surface area (Å²) in [6.07, 6.45) is 10.1. The van der Waals surface area contributed by atoms with Gasteiger partial charge in [-0.1, -0.05) is 18.2 Å². The Morgan fingerprint density at radius 1 is 1.00 bits per heavy atom. The zero-order chi connectivity index (χ0) is 32.5. The van der Waals surface area contributed by atoms with E-state index in [-0.39, 0.29) is 18.0 Å². The maximum atomic E-state index is 14.0. The summed E-state index contributed by atoms with van der Waals surface area (Å²) in [6.45, 7) is 2.12. The fraction of sp³-hybridized carbons (Fsp3) is 0.351. The van der Waals surface area contributed by atoms with Crippen LogP contribution in [0.1, 0.15) is 41.6 Å². The zero-order valence-corrected chi connectivity index (χ0v) is 27.1. The molecule has 9 rings (SSSR count). The summed E-state index contributed by atoms with van der Waals surface area (Å²) in [4.78, 5) is 25.6. The van der Waals surface area contributed by atoms with Crippen molar-refractivity contribution in [2.24, 2.45) is 17.6 Å². The summed E-state index contributed by atoms with van der Waals surface area (Å²) < 4.78 is 18.0. The molecule has 5 heterocycles. The van der Waals surface area contributed by atoms with E-state index in [0.29, 0.717) is 47.6 Å². The minimum atomic E-state index is -0.0107. The van der Waals surface area contributed by atoms with Crippen LogP contribution in [0.2, 0.25) is 0 Å². The Hall–Kier alpha value is -5.16. The van der Waals surface area contributed by atoms with Crippen molar-refractivity contribution in [3.63, 3.8) is 0 Å². The first-order valence-electron chi connectivity index (χ1n) is 16.8. The average molecular weight is 643 g/mol. The second-order valence-electron chi connectivity index (χ2n) is 13.5. The minimum Gasteiger partial charge on any atom is -0.494 e. The number of methoxy groups -OCH3 is 2. The lowest BCUT2D eigenvalue weighted by atomic mass is 10.1. The Labute approximate surface area is 277 Å². The van der Waals surface area contributed by atoms with Gasteiger partial charge in [0.2, 0.25) is 5.88 Å². The van der Waals surface area contributed by atoms with Gasteiger partial charge in [0.1, 0.15) is 17.0 Å². The second-order valence-corrected chi connectivity index (χ2v) is 13.5. The topological polar surface area (TPSA) is 118 Å². The van der Waals surface area contributed by atoms with Crippen molar-refractivity contribution in [1.29, 1.82) is 0 Å². The van der Waals surface area contributed by atoms with Crippen LogP contribution in [0.4, 0.5) is 0 Å². The van der Waals surface area contributed by atoms with E-state index in [1.807, 2.05) is 41.6 Å². The van der Waals surface area contributed by atoms with Gasteiger partial charge in [0, 0.05) is 59.6 Å². The Bertz CT molecular complexity index is 2190. The number of aromatic nitrogens is 6. The highest BCUT2D eigenvalue weighted by atomic mass is 16.5. The molecule has 3 fully saturated rings. The summed E-state index contributed by atoms with van der Waals surface area (Å²) in [6, 6.07) is 18.5. The van der Waals surface area contributed by atoms with Crippen LogP contribution in [0.5, 0.6) is 11.6 Å². The monoisotopic (exact) mass is 642 g/mol. The number of likely N-dealkylation sites (tertiary alicyclic amines) is 1. The molecule has 11 nitrogen and oxygen atoms in total. The van der Waals surface area contributed by atoms with Gasteiger partial charge in [-0.25, -0.2) is 14.6 Å². The Kier molecular flexibility index (Phi) is 6.79. The number of carbonyl (C=O) groups excluding carboxylic acids is 1. The lowest BCUT2D eigenvalue weighted by Gasteiger charge is -2.27. The first kappa shape index (κ1) is 29.0. The highest BCUT2D eigenvalue weighted by molar-refractivity contribution is 6.00. The molecule has 2 N–H and O–H groups in total. The molecule has 48 heavy (non-hydrogen) atoms. The second kappa shape index (κ2) is 11.2. The quantitative estimate of drug-likeness (QED) is 0.228. The summed E-state index contributed by atoms with van der Waals surface area (Å²) in [5.74, 6) is 2.94. The van der Waals surface area contributed by atoms with Gasteiger partial charge in [-0.3, -0.25) is 4.79 Å². The Morgan fingerprint density at radius 3 is 2.65 bits per heavy atom. The van der Waals surface area contributed by atoms with E-state index in [9.17, 15) is 4.79 Å². The zero-order valence-electron chi connectivity index (χ0n) is 27.1. The lowest BCUT2D eigenvalue weighted by molar-refractivity contribution is 0.0700. The van der Waals surface area contributed by atoms with E-state index in [0.717, 1.165) is 47.7 Å². The number of ether oxygens (including phenoxy) is 2. The number of carbonyl (C=O) groups is 1. The number of imidazole rings is 1. The van der Waals surface area contributed by atoms with Crippen molar-refractivity contribution < 1.29 is 14.3 Å². The summed E-state index contributed by atoms with van der Waals surface area (Å²) in [7, 11) is 3.26. The number of pyridine rings is 1. The van der Waals surface area contributed by atoms with Crippen molar-refractivity contribution in [3.05, 3.63) is 84.3 Å². The summed E-state index contributed by atoms with van der Waals surface area (Å²) in [5, 5.41) is 5.85. The number of amides is 1. The van der Waals surface area contributed by atoms with Crippen LogP contribution >= 0.6 is 0 Å². The van der Waals surface area contributed by atoms with Gasteiger partial charge < -0.3 is 29.2 Å². The average Bonchev–Trinajstić information content (AvgIpc) is 3.42. The molecule has 244 valence electrons. The van der Waals surface area contributed by atoms with Crippen molar-refractivity contribution in [1.82, 2.24) is 33.8 Å². The number of para-hydroxylation sites is 1. The van der Waals surface area contributed by atoms with Gasteiger partial charge in [-0.05, 0) is 73.9 Å². The molecule has 2 aliphatic carbocycles. The number of hydrogen-bond donors (Lipinski definition) is 1. The number of nitrogens with zero attached hydrogens (tertiary/aromatic N) is 7. The van der Waals surface area contributed by atoms with E-state index >= 15 is 0 Å². The molecule has 3 aliphatic rings. The maximum Gasteiger partial charge on any atom is 0.254 e. The molecule has 1 saturated heterocycles. The summed E-state index contributed by atoms with van der Waals surface area (Å²) >= 11 is 0. The van der Waals surface area contributed by atoms with Crippen LogP contribution < -0.4 is 15.2 Å². The molecule has 1 aliphatic heterocycles. The summed E-state index contributed by atoms with van der Waals surface area (Å²) in [5.41, 5.74) is 12.6. The minimum absolute atomic E-state index is 0.0107.